The quantitative estimate of drug-likeness (QED) is 0.833. The lowest BCUT2D eigenvalue weighted by molar-refractivity contribution is 0.511. The molecule has 0 aliphatic carbocycles. The average molecular weight is 225 g/mol. The molecular formula is C9H9ClN4O. The Balaban J connectivity index is 2.18. The van der Waals surface area contributed by atoms with Crippen molar-refractivity contribution >= 4 is 23.3 Å². The molecule has 0 saturated heterocycles. The highest BCUT2D eigenvalue weighted by molar-refractivity contribution is 6.33. The molecule has 0 aliphatic rings. The molecule has 0 atom stereocenters. The molecule has 0 aliphatic heterocycles. The maximum Gasteiger partial charge on any atom is 0.320 e. The molecule has 78 valence electrons. The van der Waals surface area contributed by atoms with Gasteiger partial charge in [-0.3, -0.25) is 0 Å². The van der Waals surface area contributed by atoms with Gasteiger partial charge < -0.3 is 15.5 Å². The number of nitrogens with two attached hydrogens (primary N) is 1. The number of rotatable bonds is 3. The summed E-state index contributed by atoms with van der Waals surface area (Å²) < 4.78 is 5.17. The zero-order valence-corrected chi connectivity index (χ0v) is 8.53. The average Bonchev–Trinajstić information content (AvgIpc) is 2.69. The van der Waals surface area contributed by atoms with E-state index in [9.17, 15) is 0 Å². The molecule has 0 fully saturated rings. The lowest BCUT2D eigenvalue weighted by Crippen LogP contribution is -1.95. The van der Waals surface area contributed by atoms with Crippen LogP contribution in [0.15, 0.2) is 28.7 Å². The summed E-state index contributed by atoms with van der Waals surface area (Å²) in [5.41, 5.74) is 6.05. The monoisotopic (exact) mass is 224 g/mol. The van der Waals surface area contributed by atoms with E-state index in [2.05, 4.69) is 15.5 Å². The molecule has 0 spiro atoms. The van der Waals surface area contributed by atoms with E-state index in [0.29, 0.717) is 16.6 Å². The van der Waals surface area contributed by atoms with Gasteiger partial charge in [0.25, 0.3) is 0 Å². The molecule has 0 amide bonds. The van der Waals surface area contributed by atoms with E-state index in [1.807, 2.05) is 18.2 Å². The van der Waals surface area contributed by atoms with Crippen molar-refractivity contribution in [2.75, 3.05) is 5.32 Å². The highest BCUT2D eigenvalue weighted by atomic mass is 35.5. The van der Waals surface area contributed by atoms with E-state index in [4.69, 9.17) is 21.8 Å². The summed E-state index contributed by atoms with van der Waals surface area (Å²) in [7, 11) is 0. The maximum atomic E-state index is 5.94. The Labute approximate surface area is 91.2 Å². The van der Waals surface area contributed by atoms with Gasteiger partial charge in [0, 0.05) is 0 Å². The van der Waals surface area contributed by atoms with E-state index < -0.39 is 0 Å². The second-order valence-electron chi connectivity index (χ2n) is 2.81. The first-order valence-electron chi connectivity index (χ1n) is 4.33. The second kappa shape index (κ2) is 4.29. The largest absolute Gasteiger partial charge is 0.406 e. The molecular weight excluding hydrogens is 216 g/mol. The Bertz CT molecular complexity index is 457. The molecule has 6 heteroatoms. The van der Waals surface area contributed by atoms with Gasteiger partial charge in [-0.2, -0.15) is 0 Å². The first-order valence-corrected chi connectivity index (χ1v) is 4.71. The van der Waals surface area contributed by atoms with Crippen molar-refractivity contribution in [3.8, 4) is 0 Å². The molecule has 1 aromatic heterocycles. The molecule has 15 heavy (non-hydrogen) atoms. The molecule has 0 bridgehead atoms. The standard InChI is InChI=1S/C9H9ClN4O/c10-6-3-1-2-4-7(6)12-9-14-13-8(5-11)15-9/h1-4H,5,11H2,(H,12,14). The molecule has 1 aromatic carbocycles. The summed E-state index contributed by atoms with van der Waals surface area (Å²) in [6.45, 7) is 0.219. The lowest BCUT2D eigenvalue weighted by atomic mass is 10.3. The zero-order valence-electron chi connectivity index (χ0n) is 7.77. The summed E-state index contributed by atoms with van der Waals surface area (Å²) in [5, 5.41) is 11.0. The summed E-state index contributed by atoms with van der Waals surface area (Å²) in [6, 6.07) is 7.56. The number of para-hydroxylation sites is 1. The van der Waals surface area contributed by atoms with Crippen LogP contribution in [0.5, 0.6) is 0 Å². The Hall–Kier alpha value is -1.59. The van der Waals surface area contributed by atoms with Crippen molar-refractivity contribution in [3.05, 3.63) is 35.2 Å². The third-order valence-electron chi connectivity index (χ3n) is 1.76. The first-order chi connectivity index (χ1) is 7.29. The zero-order chi connectivity index (χ0) is 10.7. The van der Waals surface area contributed by atoms with Gasteiger partial charge in [0.05, 0.1) is 17.3 Å². The van der Waals surface area contributed by atoms with Crippen molar-refractivity contribution in [3.63, 3.8) is 0 Å². The number of anilines is 2. The predicted molar refractivity (Wildman–Crippen MR) is 56.9 cm³/mol. The lowest BCUT2D eigenvalue weighted by Gasteiger charge is -2.02. The summed E-state index contributed by atoms with van der Waals surface area (Å²) in [4.78, 5) is 0. The van der Waals surface area contributed by atoms with Gasteiger partial charge in [-0.15, -0.1) is 5.10 Å². The fourth-order valence-corrected chi connectivity index (χ4v) is 1.25. The summed E-state index contributed by atoms with van der Waals surface area (Å²) in [5.74, 6) is 0.379. The number of nitrogens with one attached hydrogen (secondary N) is 1. The van der Waals surface area contributed by atoms with Crippen molar-refractivity contribution < 1.29 is 4.42 Å². The molecule has 2 rings (SSSR count). The molecule has 0 radical (unpaired) electrons. The van der Waals surface area contributed by atoms with Crippen LogP contribution >= 0.6 is 11.6 Å². The number of hydrogen-bond acceptors (Lipinski definition) is 5. The van der Waals surface area contributed by atoms with Crippen LogP contribution in [0.2, 0.25) is 5.02 Å². The second-order valence-corrected chi connectivity index (χ2v) is 3.22. The molecule has 3 N–H and O–H groups in total. The van der Waals surface area contributed by atoms with Gasteiger partial charge >= 0.3 is 6.01 Å². The predicted octanol–water partition coefficient (Wildman–Crippen LogP) is 1.93. The number of hydrogen-bond donors (Lipinski definition) is 2. The van der Waals surface area contributed by atoms with E-state index in [1.54, 1.807) is 6.07 Å². The van der Waals surface area contributed by atoms with E-state index in [0.717, 1.165) is 0 Å². The minimum atomic E-state index is 0.219. The Morgan fingerprint density at radius 3 is 2.80 bits per heavy atom. The first kappa shape index (κ1) is 9.95. The van der Waals surface area contributed by atoms with Crippen molar-refractivity contribution in [1.82, 2.24) is 10.2 Å². The number of aromatic nitrogens is 2. The highest BCUT2D eigenvalue weighted by Gasteiger charge is 2.05. The normalized spacial score (nSPS) is 10.3. The van der Waals surface area contributed by atoms with Crippen molar-refractivity contribution in [2.24, 2.45) is 5.73 Å². The maximum absolute atomic E-state index is 5.94. The minimum Gasteiger partial charge on any atom is -0.406 e. The fraction of sp³-hybridized carbons (Fsp3) is 0.111. The van der Waals surface area contributed by atoms with Crippen LogP contribution < -0.4 is 11.1 Å². The molecule has 0 unspecified atom stereocenters. The highest BCUT2D eigenvalue weighted by Crippen LogP contribution is 2.23. The van der Waals surface area contributed by atoms with Crippen LogP contribution in [0.25, 0.3) is 0 Å². The van der Waals surface area contributed by atoms with E-state index in [1.165, 1.54) is 0 Å². The van der Waals surface area contributed by atoms with E-state index in [-0.39, 0.29) is 12.6 Å². The third kappa shape index (κ3) is 2.26. The van der Waals surface area contributed by atoms with Crippen LogP contribution in [0.1, 0.15) is 5.89 Å². The van der Waals surface area contributed by atoms with Crippen molar-refractivity contribution in [1.29, 1.82) is 0 Å². The van der Waals surface area contributed by atoms with Gasteiger partial charge in [0.1, 0.15) is 0 Å². The van der Waals surface area contributed by atoms with Crippen LogP contribution in [0.3, 0.4) is 0 Å². The van der Waals surface area contributed by atoms with Crippen molar-refractivity contribution in [2.45, 2.75) is 6.54 Å². The molecule has 5 nitrogen and oxygen atoms in total. The van der Waals surface area contributed by atoms with Crippen LogP contribution in [0, 0.1) is 0 Å². The summed E-state index contributed by atoms with van der Waals surface area (Å²) >= 11 is 5.94. The van der Waals surface area contributed by atoms with Gasteiger partial charge in [-0.05, 0) is 12.1 Å². The fourth-order valence-electron chi connectivity index (χ4n) is 1.06. The van der Waals surface area contributed by atoms with E-state index >= 15 is 0 Å². The number of benzene rings is 1. The van der Waals surface area contributed by atoms with Gasteiger partial charge in [0.2, 0.25) is 5.89 Å². The molecule has 2 aromatic rings. The number of nitrogens with zero attached hydrogens (tertiary/aromatic N) is 2. The molecule has 0 saturated carbocycles. The minimum absolute atomic E-state index is 0.219. The third-order valence-corrected chi connectivity index (χ3v) is 2.09. The SMILES string of the molecule is NCc1nnc(Nc2ccccc2Cl)o1. The molecule has 1 heterocycles. The Morgan fingerprint density at radius 1 is 1.33 bits per heavy atom. The summed E-state index contributed by atoms with van der Waals surface area (Å²) in [6.07, 6.45) is 0. The topological polar surface area (TPSA) is 77.0 Å². The van der Waals surface area contributed by atoms with Gasteiger partial charge in [-0.1, -0.05) is 28.8 Å². The smallest absolute Gasteiger partial charge is 0.320 e. The Morgan fingerprint density at radius 2 is 2.13 bits per heavy atom. The number of halogens is 1. The van der Waals surface area contributed by atoms with Gasteiger partial charge in [0.15, 0.2) is 0 Å². The van der Waals surface area contributed by atoms with Crippen LogP contribution in [-0.4, -0.2) is 10.2 Å². The van der Waals surface area contributed by atoms with Crippen LogP contribution in [0.4, 0.5) is 11.7 Å². The Kier molecular flexibility index (Phi) is 2.84. The van der Waals surface area contributed by atoms with Gasteiger partial charge in [-0.25, -0.2) is 0 Å². The van der Waals surface area contributed by atoms with Crippen LogP contribution in [-0.2, 0) is 6.54 Å².